The molecule has 1 spiro atoms. The Kier molecular flexibility index (Phi) is 6.29. The van der Waals surface area contributed by atoms with Gasteiger partial charge in [-0.05, 0) is 101 Å². The molecular weight excluding hydrogens is 665 g/mol. The summed E-state index contributed by atoms with van der Waals surface area (Å²) < 4.78 is 0. The molecule has 0 atom stereocenters. The van der Waals surface area contributed by atoms with E-state index in [0.717, 1.165) is 39.1 Å². The van der Waals surface area contributed by atoms with Crippen LogP contribution in [0, 0.1) is 0 Å². The van der Waals surface area contributed by atoms with Crippen LogP contribution < -0.4 is 0 Å². The molecule has 254 valence electrons. The van der Waals surface area contributed by atoms with E-state index in [-0.39, 0.29) is 0 Å². The van der Waals surface area contributed by atoms with Gasteiger partial charge in [-0.2, -0.15) is 0 Å². The Labute approximate surface area is 319 Å². The Morgan fingerprint density at radius 2 is 0.964 bits per heavy atom. The molecule has 1 aromatic heterocycles. The van der Waals surface area contributed by atoms with Crippen molar-refractivity contribution in [2.45, 2.75) is 5.41 Å². The summed E-state index contributed by atoms with van der Waals surface area (Å²) in [6.07, 6.45) is 0. The number of benzene rings is 9. The van der Waals surface area contributed by atoms with Gasteiger partial charge in [0.05, 0.1) is 16.6 Å². The van der Waals surface area contributed by atoms with Gasteiger partial charge in [0.15, 0.2) is 5.82 Å². The van der Waals surface area contributed by atoms with E-state index in [1.165, 1.54) is 71.6 Å². The lowest BCUT2D eigenvalue weighted by Crippen LogP contribution is -2.25. The van der Waals surface area contributed by atoms with Crippen LogP contribution in [0.25, 0.3) is 88.5 Å². The SMILES string of the molecule is c1ccc(-c2nc(-c3ccc(-c4ccc5cc6c(cc5c4)C4(c5ccccc5-c5ccccc54)c4ccc5ccccc5c4-6)cc3)nc3ccccc23)cc1. The maximum atomic E-state index is 5.11. The van der Waals surface area contributed by atoms with Crippen molar-refractivity contribution in [1.82, 2.24) is 9.97 Å². The van der Waals surface area contributed by atoms with Crippen LogP contribution in [0.1, 0.15) is 22.3 Å². The van der Waals surface area contributed by atoms with E-state index in [0.29, 0.717) is 0 Å². The molecule has 0 amide bonds. The predicted octanol–water partition coefficient (Wildman–Crippen LogP) is 13.3. The van der Waals surface area contributed by atoms with E-state index in [9.17, 15) is 0 Å². The summed E-state index contributed by atoms with van der Waals surface area (Å²) in [4.78, 5) is 10.1. The zero-order valence-electron chi connectivity index (χ0n) is 29.9. The second-order valence-corrected chi connectivity index (χ2v) is 14.9. The lowest BCUT2D eigenvalue weighted by Gasteiger charge is -2.30. The zero-order chi connectivity index (χ0) is 36.1. The fourth-order valence-corrected chi connectivity index (χ4v) is 9.66. The monoisotopic (exact) mass is 696 g/mol. The Balaban J connectivity index is 1.02. The first-order valence-corrected chi connectivity index (χ1v) is 19.0. The molecule has 55 heavy (non-hydrogen) atoms. The van der Waals surface area contributed by atoms with Crippen molar-refractivity contribution in [2.75, 3.05) is 0 Å². The lowest BCUT2D eigenvalue weighted by molar-refractivity contribution is 0.795. The van der Waals surface area contributed by atoms with Crippen LogP contribution in [-0.2, 0) is 5.41 Å². The fraction of sp³-hybridized carbons (Fsp3) is 0.0189. The average molecular weight is 697 g/mol. The highest BCUT2D eigenvalue weighted by Gasteiger charge is 2.52. The molecular formula is C53H32N2. The summed E-state index contributed by atoms with van der Waals surface area (Å²) >= 11 is 0. The Hall–Kier alpha value is -7.16. The minimum Gasteiger partial charge on any atom is -0.228 e. The van der Waals surface area contributed by atoms with Gasteiger partial charge in [-0.25, -0.2) is 9.97 Å². The number of rotatable bonds is 3. The molecule has 1 heterocycles. The first-order chi connectivity index (χ1) is 27.3. The number of hydrogen-bond donors (Lipinski definition) is 0. The molecule has 0 saturated carbocycles. The van der Waals surface area contributed by atoms with E-state index in [1.807, 2.05) is 12.1 Å². The van der Waals surface area contributed by atoms with Crippen molar-refractivity contribution < 1.29 is 0 Å². The van der Waals surface area contributed by atoms with Crippen LogP contribution in [-0.4, -0.2) is 9.97 Å². The standard InChI is InChI=1S/C53H32N2/c1-2-13-35(14-3-1)51-43-18-8-11-21-49(43)54-52(55-51)36-24-22-33(23-25-36)37-26-27-38-31-44-48(32-39(38)30-37)53(47-29-28-34-12-4-5-15-40(34)50(44)47)45-19-9-6-16-41(45)42-17-7-10-20-46(42)53/h1-32H. The number of nitrogens with zero attached hydrogens (tertiary/aromatic N) is 2. The van der Waals surface area contributed by atoms with Crippen molar-refractivity contribution in [3.8, 4) is 56.0 Å². The summed E-state index contributed by atoms with van der Waals surface area (Å²) in [6, 6.07) is 70.9. The summed E-state index contributed by atoms with van der Waals surface area (Å²) in [6.45, 7) is 0. The van der Waals surface area contributed by atoms with Gasteiger partial charge in [0, 0.05) is 16.5 Å². The first kappa shape index (κ1) is 30.3. The third-order valence-electron chi connectivity index (χ3n) is 12.1. The molecule has 10 aromatic rings. The van der Waals surface area contributed by atoms with Crippen molar-refractivity contribution in [1.29, 1.82) is 0 Å². The highest BCUT2D eigenvalue weighted by molar-refractivity contribution is 6.09. The maximum absolute atomic E-state index is 5.11. The molecule has 0 bridgehead atoms. The van der Waals surface area contributed by atoms with E-state index < -0.39 is 5.41 Å². The molecule has 2 nitrogen and oxygen atoms in total. The molecule has 0 unspecified atom stereocenters. The van der Waals surface area contributed by atoms with E-state index in [4.69, 9.17) is 9.97 Å². The molecule has 2 aliphatic rings. The van der Waals surface area contributed by atoms with Crippen LogP contribution in [0.15, 0.2) is 194 Å². The number of hydrogen-bond acceptors (Lipinski definition) is 2. The Bertz CT molecular complexity index is 3150. The van der Waals surface area contributed by atoms with Crippen LogP contribution >= 0.6 is 0 Å². The second kappa shape index (κ2) is 11.4. The molecule has 0 N–H and O–H groups in total. The number of fused-ring (bicyclic) bond motifs is 14. The fourth-order valence-electron chi connectivity index (χ4n) is 9.66. The van der Waals surface area contributed by atoms with E-state index in [2.05, 4.69) is 182 Å². The normalized spacial score (nSPS) is 13.2. The second-order valence-electron chi connectivity index (χ2n) is 14.9. The molecule has 2 aliphatic carbocycles. The topological polar surface area (TPSA) is 25.8 Å². The van der Waals surface area contributed by atoms with Gasteiger partial charge in [0.1, 0.15) is 0 Å². The summed E-state index contributed by atoms with van der Waals surface area (Å²) in [5, 5.41) is 6.12. The van der Waals surface area contributed by atoms with Crippen molar-refractivity contribution in [2.24, 2.45) is 0 Å². The quantitative estimate of drug-likeness (QED) is 0.184. The van der Waals surface area contributed by atoms with Gasteiger partial charge in [-0.3, -0.25) is 0 Å². The molecule has 0 radical (unpaired) electrons. The predicted molar refractivity (Wildman–Crippen MR) is 227 cm³/mol. The largest absolute Gasteiger partial charge is 0.228 e. The van der Waals surface area contributed by atoms with Crippen molar-refractivity contribution in [3.63, 3.8) is 0 Å². The maximum Gasteiger partial charge on any atom is 0.160 e. The third-order valence-corrected chi connectivity index (χ3v) is 12.1. The summed E-state index contributed by atoms with van der Waals surface area (Å²) in [5.41, 5.74) is 16.7. The van der Waals surface area contributed by atoms with Gasteiger partial charge >= 0.3 is 0 Å². The lowest BCUT2D eigenvalue weighted by atomic mass is 9.70. The van der Waals surface area contributed by atoms with Crippen LogP contribution in [0.4, 0.5) is 0 Å². The summed E-state index contributed by atoms with van der Waals surface area (Å²) in [5.74, 6) is 0.729. The smallest absolute Gasteiger partial charge is 0.160 e. The summed E-state index contributed by atoms with van der Waals surface area (Å²) in [7, 11) is 0. The molecule has 0 saturated heterocycles. The average Bonchev–Trinajstić information content (AvgIpc) is 3.72. The number of aromatic nitrogens is 2. The van der Waals surface area contributed by atoms with Crippen molar-refractivity contribution in [3.05, 3.63) is 216 Å². The van der Waals surface area contributed by atoms with Gasteiger partial charge < -0.3 is 0 Å². The Morgan fingerprint density at radius 3 is 1.76 bits per heavy atom. The Morgan fingerprint density at radius 1 is 0.327 bits per heavy atom. The van der Waals surface area contributed by atoms with Crippen LogP contribution in [0.3, 0.4) is 0 Å². The van der Waals surface area contributed by atoms with Gasteiger partial charge in [0.2, 0.25) is 0 Å². The number of para-hydroxylation sites is 1. The minimum atomic E-state index is -0.397. The highest BCUT2D eigenvalue weighted by Crippen LogP contribution is 2.64. The van der Waals surface area contributed by atoms with Gasteiger partial charge in [-0.15, -0.1) is 0 Å². The van der Waals surface area contributed by atoms with Crippen molar-refractivity contribution >= 4 is 32.4 Å². The van der Waals surface area contributed by atoms with Gasteiger partial charge in [-0.1, -0.05) is 170 Å². The van der Waals surface area contributed by atoms with E-state index >= 15 is 0 Å². The van der Waals surface area contributed by atoms with Gasteiger partial charge in [0.25, 0.3) is 0 Å². The third kappa shape index (κ3) is 4.25. The van der Waals surface area contributed by atoms with E-state index in [1.54, 1.807) is 0 Å². The molecule has 2 heteroatoms. The minimum absolute atomic E-state index is 0.397. The van der Waals surface area contributed by atoms with Crippen LogP contribution in [0.2, 0.25) is 0 Å². The molecule has 12 rings (SSSR count). The molecule has 0 aliphatic heterocycles. The molecule has 0 fully saturated rings. The first-order valence-electron chi connectivity index (χ1n) is 19.0. The molecule has 9 aromatic carbocycles. The van der Waals surface area contributed by atoms with Crippen LogP contribution in [0.5, 0.6) is 0 Å². The zero-order valence-corrected chi connectivity index (χ0v) is 29.9. The highest BCUT2D eigenvalue weighted by atomic mass is 14.9.